The van der Waals surface area contributed by atoms with Crippen LogP contribution in [0.15, 0.2) is 48.6 Å². The standard InChI is InChI=1S/C29H29F7O2/c1-2-37-22-10-7-18(8-11-22)17-3-5-19(6-4-17)20-9-12-23(24(30)13-20)21-14-25(31)28(26(32)15-21)38-29(35,36)16-27(33)34/h5,9,12-18,22H,2-4,6-8,10-11H2,1H3. The molecule has 0 amide bonds. The Bertz CT molecular complexity index is 1170. The van der Waals surface area contributed by atoms with Crippen LogP contribution in [0.1, 0.15) is 57.4 Å². The van der Waals surface area contributed by atoms with Gasteiger partial charge in [-0.25, -0.2) is 13.2 Å². The number of halogens is 7. The van der Waals surface area contributed by atoms with Gasteiger partial charge < -0.3 is 9.47 Å². The van der Waals surface area contributed by atoms with E-state index in [1.165, 1.54) is 12.1 Å². The summed E-state index contributed by atoms with van der Waals surface area (Å²) in [4.78, 5) is 0. The molecule has 1 saturated carbocycles. The van der Waals surface area contributed by atoms with Crippen LogP contribution in [0.2, 0.25) is 0 Å². The van der Waals surface area contributed by atoms with Gasteiger partial charge in [0.2, 0.25) is 0 Å². The van der Waals surface area contributed by atoms with Crippen molar-refractivity contribution in [1.82, 2.24) is 0 Å². The number of rotatable bonds is 8. The van der Waals surface area contributed by atoms with Crippen LogP contribution in [0.4, 0.5) is 30.7 Å². The van der Waals surface area contributed by atoms with Crippen molar-refractivity contribution < 1.29 is 40.2 Å². The molecule has 1 fully saturated rings. The Kier molecular flexibility index (Phi) is 8.85. The molecule has 2 aliphatic rings. The van der Waals surface area contributed by atoms with Gasteiger partial charge in [-0.05, 0) is 98.6 Å². The van der Waals surface area contributed by atoms with Crippen molar-refractivity contribution in [1.29, 1.82) is 0 Å². The summed E-state index contributed by atoms with van der Waals surface area (Å²) in [6, 6.07) is 5.55. The molecule has 1 atom stereocenters. The normalized spacial score (nSPS) is 22.1. The highest BCUT2D eigenvalue weighted by atomic mass is 19.3. The van der Waals surface area contributed by atoms with Crippen molar-refractivity contribution in [2.45, 2.75) is 64.1 Å². The van der Waals surface area contributed by atoms with Gasteiger partial charge in [-0.3, -0.25) is 0 Å². The van der Waals surface area contributed by atoms with E-state index in [1.54, 1.807) is 6.07 Å². The number of hydrogen-bond donors (Lipinski definition) is 0. The van der Waals surface area contributed by atoms with E-state index in [1.807, 2.05) is 6.92 Å². The number of alkyl halides is 2. The highest BCUT2D eigenvalue weighted by Crippen LogP contribution is 2.41. The minimum absolute atomic E-state index is 0.139. The Hall–Kier alpha value is -2.81. The molecule has 0 saturated heterocycles. The summed E-state index contributed by atoms with van der Waals surface area (Å²) in [7, 11) is 0. The van der Waals surface area contributed by atoms with Crippen LogP contribution in [-0.4, -0.2) is 18.8 Å². The smallest absolute Gasteiger partial charge is 0.423 e. The van der Waals surface area contributed by atoms with Crippen LogP contribution in [0.5, 0.6) is 5.75 Å². The van der Waals surface area contributed by atoms with E-state index in [4.69, 9.17) is 4.74 Å². The highest BCUT2D eigenvalue weighted by Gasteiger charge is 2.33. The lowest BCUT2D eigenvalue weighted by atomic mass is 9.73. The largest absolute Gasteiger partial charge is 0.425 e. The zero-order chi connectivity index (χ0) is 27.4. The molecule has 0 radical (unpaired) electrons. The maximum Gasteiger partial charge on any atom is 0.425 e. The third-order valence-corrected chi connectivity index (χ3v) is 7.40. The second-order valence-electron chi connectivity index (χ2n) is 9.82. The summed E-state index contributed by atoms with van der Waals surface area (Å²) in [6.07, 6.45) is 1.41. The lowest BCUT2D eigenvalue weighted by Crippen LogP contribution is -2.26. The molecular weight excluding hydrogens is 513 g/mol. The molecule has 0 bridgehead atoms. The van der Waals surface area contributed by atoms with Gasteiger partial charge in [0.1, 0.15) is 5.82 Å². The van der Waals surface area contributed by atoms with E-state index >= 15 is 4.39 Å². The number of benzene rings is 2. The first-order valence-electron chi connectivity index (χ1n) is 12.8. The third kappa shape index (κ3) is 6.79. The number of allylic oxidation sites excluding steroid dienone is 2. The van der Waals surface area contributed by atoms with Gasteiger partial charge in [0, 0.05) is 12.2 Å². The average molecular weight is 543 g/mol. The molecule has 2 aromatic rings. The van der Waals surface area contributed by atoms with E-state index in [0.29, 0.717) is 35.6 Å². The number of ether oxygens (including phenoxy) is 2. The quantitative estimate of drug-likeness (QED) is 0.310. The Labute approximate surface area is 217 Å². The van der Waals surface area contributed by atoms with Crippen molar-refractivity contribution in [2.75, 3.05) is 6.61 Å². The molecule has 0 aromatic heterocycles. The molecule has 1 unspecified atom stereocenters. The van der Waals surface area contributed by atoms with Gasteiger partial charge in [-0.15, -0.1) is 0 Å². The SMILES string of the molecule is CCOC1CCC(C2CC=C(c3ccc(-c4cc(F)c(OC(F)(F)C=C(F)F)c(F)c4)c(F)c3)CC2)CC1. The van der Waals surface area contributed by atoms with E-state index in [-0.39, 0.29) is 11.1 Å². The lowest BCUT2D eigenvalue weighted by Gasteiger charge is -2.35. The predicted octanol–water partition coefficient (Wildman–Crippen LogP) is 9.30. The van der Waals surface area contributed by atoms with Crippen LogP contribution in [0, 0.1) is 29.3 Å². The molecule has 0 aliphatic heterocycles. The first kappa shape index (κ1) is 28.2. The van der Waals surface area contributed by atoms with Gasteiger partial charge in [-0.2, -0.15) is 17.6 Å². The molecule has 0 spiro atoms. The summed E-state index contributed by atoms with van der Waals surface area (Å²) in [5.74, 6) is -4.19. The third-order valence-electron chi connectivity index (χ3n) is 7.40. The second kappa shape index (κ2) is 11.9. The molecule has 9 heteroatoms. The fourth-order valence-corrected chi connectivity index (χ4v) is 5.56. The van der Waals surface area contributed by atoms with Crippen LogP contribution in [-0.2, 0) is 4.74 Å². The maximum atomic E-state index is 15.0. The molecule has 0 N–H and O–H groups in total. The number of hydrogen-bond acceptors (Lipinski definition) is 2. The highest BCUT2D eigenvalue weighted by molar-refractivity contribution is 5.72. The fraction of sp³-hybridized carbons (Fsp3) is 0.448. The zero-order valence-electron chi connectivity index (χ0n) is 20.9. The fourth-order valence-electron chi connectivity index (χ4n) is 5.56. The summed E-state index contributed by atoms with van der Waals surface area (Å²) in [5, 5.41) is 0. The van der Waals surface area contributed by atoms with Gasteiger partial charge in [0.15, 0.2) is 17.4 Å². The van der Waals surface area contributed by atoms with E-state index in [0.717, 1.165) is 57.1 Å². The molecule has 38 heavy (non-hydrogen) atoms. The molecule has 2 aromatic carbocycles. The van der Waals surface area contributed by atoms with E-state index in [9.17, 15) is 26.3 Å². The van der Waals surface area contributed by atoms with Crippen molar-refractivity contribution in [3.63, 3.8) is 0 Å². The Morgan fingerprint density at radius 3 is 2.11 bits per heavy atom. The summed E-state index contributed by atoms with van der Waals surface area (Å²) >= 11 is 0. The van der Waals surface area contributed by atoms with Gasteiger partial charge in [0.25, 0.3) is 6.08 Å². The average Bonchev–Trinajstić information content (AvgIpc) is 2.86. The van der Waals surface area contributed by atoms with Crippen LogP contribution in [0.3, 0.4) is 0 Å². The molecule has 2 aliphatic carbocycles. The second-order valence-corrected chi connectivity index (χ2v) is 9.82. The van der Waals surface area contributed by atoms with Crippen LogP contribution < -0.4 is 4.74 Å². The molecule has 4 rings (SSSR count). The molecular formula is C29H29F7O2. The minimum Gasteiger partial charge on any atom is -0.423 e. The van der Waals surface area contributed by atoms with Crippen LogP contribution >= 0.6 is 0 Å². The maximum absolute atomic E-state index is 15.0. The topological polar surface area (TPSA) is 18.5 Å². The molecule has 2 nitrogen and oxygen atoms in total. The first-order chi connectivity index (χ1) is 18.1. The summed E-state index contributed by atoms with van der Waals surface area (Å²) < 4.78 is 104. The summed E-state index contributed by atoms with van der Waals surface area (Å²) in [5.41, 5.74) is 1.30. The summed E-state index contributed by atoms with van der Waals surface area (Å²) in [6.45, 7) is 2.76. The van der Waals surface area contributed by atoms with E-state index < -0.39 is 41.5 Å². The minimum atomic E-state index is -4.63. The van der Waals surface area contributed by atoms with Gasteiger partial charge in [0.05, 0.1) is 12.2 Å². The molecule has 0 heterocycles. The monoisotopic (exact) mass is 542 g/mol. The Morgan fingerprint density at radius 2 is 1.55 bits per heavy atom. The van der Waals surface area contributed by atoms with Crippen LogP contribution in [0.25, 0.3) is 16.7 Å². The van der Waals surface area contributed by atoms with Crippen molar-refractivity contribution in [2.24, 2.45) is 11.8 Å². The van der Waals surface area contributed by atoms with E-state index in [2.05, 4.69) is 10.8 Å². The lowest BCUT2D eigenvalue weighted by molar-refractivity contribution is -0.137. The van der Waals surface area contributed by atoms with Crippen molar-refractivity contribution in [3.05, 3.63) is 71.6 Å². The van der Waals surface area contributed by atoms with Gasteiger partial charge >= 0.3 is 6.11 Å². The van der Waals surface area contributed by atoms with Gasteiger partial charge in [-0.1, -0.05) is 18.2 Å². The Morgan fingerprint density at radius 1 is 0.895 bits per heavy atom. The first-order valence-corrected chi connectivity index (χ1v) is 12.8. The Balaban J connectivity index is 1.45. The van der Waals surface area contributed by atoms with Crippen molar-refractivity contribution in [3.8, 4) is 16.9 Å². The zero-order valence-corrected chi connectivity index (χ0v) is 20.9. The van der Waals surface area contributed by atoms with Crippen molar-refractivity contribution >= 4 is 5.57 Å². The predicted molar refractivity (Wildman–Crippen MR) is 130 cm³/mol. The molecule has 206 valence electrons.